The minimum absolute atomic E-state index is 0.0626. The van der Waals surface area contributed by atoms with Crippen LogP contribution in [-0.4, -0.2) is 43.7 Å². The van der Waals surface area contributed by atoms with Crippen LogP contribution in [0.2, 0.25) is 0 Å². The van der Waals surface area contributed by atoms with Crippen LogP contribution in [0.5, 0.6) is 0 Å². The number of nitrogens with zero attached hydrogens (tertiary/aromatic N) is 2. The van der Waals surface area contributed by atoms with Gasteiger partial charge in [-0.1, -0.05) is 0 Å². The van der Waals surface area contributed by atoms with Crippen LogP contribution >= 0.6 is 0 Å². The molecule has 1 heterocycles. The summed E-state index contributed by atoms with van der Waals surface area (Å²) in [7, 11) is 0. The maximum absolute atomic E-state index is 12.4. The van der Waals surface area contributed by atoms with Crippen molar-refractivity contribution >= 4 is 17.3 Å². The number of benzene rings is 1. The highest BCUT2D eigenvalue weighted by Gasteiger charge is 2.22. The molecular formula is C16H23N3O4. The lowest BCUT2D eigenvalue weighted by Gasteiger charge is -2.20. The molecule has 1 saturated heterocycles. The van der Waals surface area contributed by atoms with Crippen molar-refractivity contribution in [2.24, 2.45) is 0 Å². The molecule has 0 aliphatic carbocycles. The average Bonchev–Trinajstić information content (AvgIpc) is 3.08. The Morgan fingerprint density at radius 3 is 2.78 bits per heavy atom. The van der Waals surface area contributed by atoms with Crippen molar-refractivity contribution in [2.75, 3.05) is 37.7 Å². The van der Waals surface area contributed by atoms with E-state index in [9.17, 15) is 14.9 Å². The highest BCUT2D eigenvalue weighted by Crippen LogP contribution is 2.28. The predicted octanol–water partition coefficient (Wildman–Crippen LogP) is 2.35. The number of ether oxygens (including phenoxy) is 1. The van der Waals surface area contributed by atoms with E-state index in [1.807, 2.05) is 6.92 Å². The van der Waals surface area contributed by atoms with Crippen LogP contribution in [0.3, 0.4) is 0 Å². The number of hydrogen-bond donors (Lipinski definition) is 1. The van der Waals surface area contributed by atoms with Crippen LogP contribution in [-0.2, 0) is 4.74 Å². The van der Waals surface area contributed by atoms with Gasteiger partial charge in [0.2, 0.25) is 0 Å². The van der Waals surface area contributed by atoms with E-state index >= 15 is 0 Å². The van der Waals surface area contributed by atoms with Crippen LogP contribution in [0.25, 0.3) is 0 Å². The maximum atomic E-state index is 12.4. The Balaban J connectivity index is 2.10. The lowest BCUT2D eigenvalue weighted by molar-refractivity contribution is -0.384. The third kappa shape index (κ3) is 4.66. The van der Waals surface area contributed by atoms with E-state index in [0.29, 0.717) is 31.7 Å². The molecule has 1 fully saturated rings. The lowest BCUT2D eigenvalue weighted by atomic mass is 10.1. The molecule has 1 N–H and O–H groups in total. The second kappa shape index (κ2) is 8.47. The van der Waals surface area contributed by atoms with Gasteiger partial charge in [0, 0.05) is 45.0 Å². The molecule has 0 radical (unpaired) electrons. The van der Waals surface area contributed by atoms with Crippen molar-refractivity contribution in [3.63, 3.8) is 0 Å². The van der Waals surface area contributed by atoms with Gasteiger partial charge in [0.25, 0.3) is 11.6 Å². The predicted molar refractivity (Wildman–Crippen MR) is 88.0 cm³/mol. The van der Waals surface area contributed by atoms with E-state index in [-0.39, 0.29) is 11.6 Å². The van der Waals surface area contributed by atoms with Crippen LogP contribution in [0.4, 0.5) is 11.4 Å². The average molecular weight is 321 g/mol. The molecule has 0 spiro atoms. The minimum atomic E-state index is -0.473. The second-order valence-electron chi connectivity index (χ2n) is 5.46. The number of rotatable bonds is 8. The summed E-state index contributed by atoms with van der Waals surface area (Å²) in [5.74, 6) is -0.271. The number of nitrogens with one attached hydrogen (secondary N) is 1. The first-order valence-corrected chi connectivity index (χ1v) is 8.02. The van der Waals surface area contributed by atoms with Crippen molar-refractivity contribution in [3.05, 3.63) is 33.9 Å². The van der Waals surface area contributed by atoms with Gasteiger partial charge in [0.05, 0.1) is 16.2 Å². The molecule has 7 heteroatoms. The summed E-state index contributed by atoms with van der Waals surface area (Å²) in [6.45, 7) is 5.40. The molecule has 126 valence electrons. The van der Waals surface area contributed by atoms with Crippen molar-refractivity contribution in [3.8, 4) is 0 Å². The molecular weight excluding hydrogens is 298 g/mol. The van der Waals surface area contributed by atoms with Gasteiger partial charge >= 0.3 is 0 Å². The standard InChI is InChI=1S/C16H23N3O4/c1-2-23-11-5-8-17-16(20)14-12-13(19(21)22)6-7-15(14)18-9-3-4-10-18/h6-7,12H,2-5,8-11H2,1H3,(H,17,20). The molecule has 0 unspecified atom stereocenters. The van der Waals surface area contributed by atoms with Gasteiger partial charge in [0.15, 0.2) is 0 Å². The fourth-order valence-corrected chi connectivity index (χ4v) is 2.67. The Morgan fingerprint density at radius 2 is 2.13 bits per heavy atom. The number of nitro benzene ring substituents is 1. The van der Waals surface area contributed by atoms with Crippen LogP contribution in [0, 0.1) is 10.1 Å². The number of anilines is 1. The van der Waals surface area contributed by atoms with E-state index in [4.69, 9.17) is 4.74 Å². The minimum Gasteiger partial charge on any atom is -0.382 e. The monoisotopic (exact) mass is 321 g/mol. The van der Waals surface area contributed by atoms with Crippen LogP contribution < -0.4 is 10.2 Å². The first kappa shape index (κ1) is 17.2. The van der Waals surface area contributed by atoms with Gasteiger partial charge in [-0.05, 0) is 32.3 Å². The van der Waals surface area contributed by atoms with Crippen molar-refractivity contribution in [1.29, 1.82) is 0 Å². The third-order valence-corrected chi connectivity index (χ3v) is 3.84. The van der Waals surface area contributed by atoms with Crippen molar-refractivity contribution in [1.82, 2.24) is 5.32 Å². The Kier molecular flexibility index (Phi) is 6.34. The second-order valence-corrected chi connectivity index (χ2v) is 5.46. The van der Waals surface area contributed by atoms with E-state index < -0.39 is 4.92 Å². The van der Waals surface area contributed by atoms with Gasteiger partial charge < -0.3 is 15.0 Å². The van der Waals surface area contributed by atoms with Gasteiger partial charge in [-0.2, -0.15) is 0 Å². The Bertz CT molecular complexity index is 556. The zero-order valence-corrected chi connectivity index (χ0v) is 13.4. The summed E-state index contributed by atoms with van der Waals surface area (Å²) >= 11 is 0. The number of carbonyl (C=O) groups excluding carboxylic acids is 1. The molecule has 1 aromatic rings. The zero-order valence-electron chi connectivity index (χ0n) is 13.4. The molecule has 1 aromatic carbocycles. The highest BCUT2D eigenvalue weighted by molar-refractivity contribution is 6.00. The normalized spacial score (nSPS) is 14.0. The molecule has 2 rings (SSSR count). The summed E-state index contributed by atoms with van der Waals surface area (Å²) in [6.07, 6.45) is 2.87. The smallest absolute Gasteiger partial charge is 0.270 e. The van der Waals surface area contributed by atoms with Crippen molar-refractivity contribution < 1.29 is 14.5 Å². The number of non-ortho nitro benzene ring substituents is 1. The molecule has 1 amide bonds. The summed E-state index contributed by atoms with van der Waals surface area (Å²) in [5.41, 5.74) is 1.08. The first-order valence-electron chi connectivity index (χ1n) is 8.02. The number of hydrogen-bond acceptors (Lipinski definition) is 5. The van der Waals surface area contributed by atoms with Gasteiger partial charge in [-0.3, -0.25) is 14.9 Å². The Morgan fingerprint density at radius 1 is 1.39 bits per heavy atom. The Labute approximate surface area is 135 Å². The lowest BCUT2D eigenvalue weighted by Crippen LogP contribution is -2.28. The molecule has 23 heavy (non-hydrogen) atoms. The van der Waals surface area contributed by atoms with E-state index in [1.54, 1.807) is 6.07 Å². The summed E-state index contributed by atoms with van der Waals surface area (Å²) in [4.78, 5) is 25.1. The first-order chi connectivity index (χ1) is 11.1. The Hall–Kier alpha value is -2.15. The number of amides is 1. The molecule has 0 saturated carbocycles. The molecule has 0 aromatic heterocycles. The maximum Gasteiger partial charge on any atom is 0.270 e. The number of nitro groups is 1. The van der Waals surface area contributed by atoms with E-state index in [1.165, 1.54) is 12.1 Å². The quantitative estimate of drug-likeness (QED) is 0.451. The summed E-state index contributed by atoms with van der Waals surface area (Å²) in [5, 5.41) is 13.8. The van der Waals surface area contributed by atoms with Crippen molar-refractivity contribution in [2.45, 2.75) is 26.2 Å². The molecule has 1 aliphatic heterocycles. The SMILES string of the molecule is CCOCCCNC(=O)c1cc([N+](=O)[O-])ccc1N1CCCC1. The zero-order chi connectivity index (χ0) is 16.7. The largest absolute Gasteiger partial charge is 0.382 e. The molecule has 7 nitrogen and oxygen atoms in total. The highest BCUT2D eigenvalue weighted by atomic mass is 16.6. The van der Waals surface area contributed by atoms with Crippen LogP contribution in [0.15, 0.2) is 18.2 Å². The summed E-state index contributed by atoms with van der Waals surface area (Å²) < 4.78 is 5.23. The molecule has 0 bridgehead atoms. The number of carbonyl (C=O) groups is 1. The topological polar surface area (TPSA) is 84.7 Å². The molecule has 1 aliphatic rings. The van der Waals surface area contributed by atoms with E-state index in [0.717, 1.165) is 31.6 Å². The van der Waals surface area contributed by atoms with Gasteiger partial charge in [-0.25, -0.2) is 0 Å². The van der Waals surface area contributed by atoms with Gasteiger partial charge in [0.1, 0.15) is 0 Å². The van der Waals surface area contributed by atoms with Crippen LogP contribution in [0.1, 0.15) is 36.5 Å². The third-order valence-electron chi connectivity index (χ3n) is 3.84. The fraction of sp³-hybridized carbons (Fsp3) is 0.562. The van der Waals surface area contributed by atoms with E-state index in [2.05, 4.69) is 10.2 Å². The fourth-order valence-electron chi connectivity index (χ4n) is 2.67. The molecule has 0 atom stereocenters. The van der Waals surface area contributed by atoms with Gasteiger partial charge in [-0.15, -0.1) is 0 Å². The summed E-state index contributed by atoms with van der Waals surface area (Å²) in [6, 6.07) is 4.50.